The fraction of sp³-hybridized carbons (Fsp3) is 0.156. The van der Waals surface area contributed by atoms with Crippen LogP contribution in [0.3, 0.4) is 0 Å². The molecule has 0 aliphatic heterocycles. The topological polar surface area (TPSA) is 105 Å². The molecule has 0 bridgehead atoms. The number of alkyl carbamates (subject to hydrolysis) is 1. The van der Waals surface area contributed by atoms with E-state index in [1.807, 2.05) is 24.3 Å². The van der Waals surface area contributed by atoms with Crippen molar-refractivity contribution in [2.45, 2.75) is 24.9 Å². The van der Waals surface area contributed by atoms with E-state index < -0.39 is 29.8 Å². The summed E-state index contributed by atoms with van der Waals surface area (Å²) < 4.78 is 18.7. The van der Waals surface area contributed by atoms with Crippen molar-refractivity contribution < 1.29 is 28.6 Å². The number of amides is 2. The van der Waals surface area contributed by atoms with E-state index in [4.69, 9.17) is 4.74 Å². The summed E-state index contributed by atoms with van der Waals surface area (Å²) in [6.45, 7) is 0.405. The molecule has 0 fully saturated rings. The number of rotatable bonds is 9. The van der Waals surface area contributed by atoms with Gasteiger partial charge in [-0.25, -0.2) is 14.0 Å². The Labute approximate surface area is 230 Å². The molecule has 0 spiro atoms. The molecule has 8 heteroatoms. The Balaban J connectivity index is 1.13. The highest BCUT2D eigenvalue weighted by molar-refractivity contribution is 5.96. The molecule has 1 atom stereocenters. The predicted molar refractivity (Wildman–Crippen MR) is 147 cm³/mol. The highest BCUT2D eigenvalue weighted by Gasteiger charge is 2.29. The standard InChI is InChI=1S/C32H27FN2O5/c33-23-15-11-20(12-16-23)17-29(31(37)38)35-30(36)22-13-9-21(10-14-22)18-34-32(39)40-19-28-26-7-3-1-5-24(26)25-6-2-4-8-27(25)28/h1-16,28-29H,17-19H2,(H,34,39)(H,35,36)(H,37,38)/t29-/m0/s1. The average molecular weight is 539 g/mol. The highest BCUT2D eigenvalue weighted by Crippen LogP contribution is 2.44. The number of halogens is 1. The van der Waals surface area contributed by atoms with Gasteiger partial charge in [0.2, 0.25) is 0 Å². The number of carbonyl (C=O) groups is 3. The Morgan fingerprint density at radius 3 is 1.98 bits per heavy atom. The lowest BCUT2D eigenvalue weighted by Crippen LogP contribution is -2.42. The first-order chi connectivity index (χ1) is 19.4. The van der Waals surface area contributed by atoms with Crippen LogP contribution < -0.4 is 10.6 Å². The third-order valence-electron chi connectivity index (χ3n) is 6.95. The number of hydrogen-bond donors (Lipinski definition) is 3. The van der Waals surface area contributed by atoms with Gasteiger partial charge in [0.25, 0.3) is 5.91 Å². The molecule has 1 aliphatic carbocycles. The minimum absolute atomic E-state index is 0.0174. The number of aliphatic carboxylic acids is 1. The molecule has 0 heterocycles. The normalized spacial score (nSPS) is 12.6. The molecule has 7 nitrogen and oxygen atoms in total. The van der Waals surface area contributed by atoms with Crippen LogP contribution in [0.1, 0.15) is 38.5 Å². The van der Waals surface area contributed by atoms with E-state index in [2.05, 4.69) is 34.9 Å². The van der Waals surface area contributed by atoms with Gasteiger partial charge in [-0.2, -0.15) is 0 Å². The smallest absolute Gasteiger partial charge is 0.407 e. The van der Waals surface area contributed by atoms with Gasteiger partial charge in [0, 0.05) is 24.4 Å². The van der Waals surface area contributed by atoms with Crippen molar-refractivity contribution in [3.63, 3.8) is 0 Å². The molecule has 4 aromatic carbocycles. The number of hydrogen-bond acceptors (Lipinski definition) is 4. The van der Waals surface area contributed by atoms with E-state index in [-0.39, 0.29) is 31.1 Å². The zero-order valence-corrected chi connectivity index (χ0v) is 21.5. The maximum Gasteiger partial charge on any atom is 0.407 e. The molecule has 0 saturated heterocycles. The molecule has 0 radical (unpaired) electrons. The number of benzene rings is 4. The number of carboxylic acids is 1. The van der Waals surface area contributed by atoms with Crippen LogP contribution in [-0.4, -0.2) is 35.7 Å². The molecule has 0 unspecified atom stereocenters. The third kappa shape index (κ3) is 6.02. The lowest BCUT2D eigenvalue weighted by atomic mass is 9.98. The summed E-state index contributed by atoms with van der Waals surface area (Å²) in [6.07, 6.45) is -0.530. The van der Waals surface area contributed by atoms with Gasteiger partial charge in [0.05, 0.1) is 0 Å². The van der Waals surface area contributed by atoms with Crippen LogP contribution in [-0.2, 0) is 22.5 Å². The minimum atomic E-state index is -1.19. The monoisotopic (exact) mass is 538 g/mol. The quantitative estimate of drug-likeness (QED) is 0.269. The predicted octanol–water partition coefficient (Wildman–Crippen LogP) is 5.29. The van der Waals surface area contributed by atoms with Crippen LogP contribution >= 0.6 is 0 Å². The van der Waals surface area contributed by atoms with Crippen LogP contribution in [0.2, 0.25) is 0 Å². The van der Waals surface area contributed by atoms with Crippen molar-refractivity contribution in [3.8, 4) is 11.1 Å². The molecule has 0 saturated carbocycles. The van der Waals surface area contributed by atoms with Gasteiger partial charge in [-0.3, -0.25) is 4.79 Å². The average Bonchev–Trinajstić information content (AvgIpc) is 3.29. The van der Waals surface area contributed by atoms with Crippen LogP contribution in [0.4, 0.5) is 9.18 Å². The van der Waals surface area contributed by atoms with Crippen molar-refractivity contribution in [1.82, 2.24) is 10.6 Å². The molecule has 2 amide bonds. The fourth-order valence-electron chi connectivity index (χ4n) is 4.90. The Bertz CT molecular complexity index is 1490. The van der Waals surface area contributed by atoms with Gasteiger partial charge in [0.1, 0.15) is 18.5 Å². The molecular formula is C32H27FN2O5. The number of nitrogens with one attached hydrogen (secondary N) is 2. The Morgan fingerprint density at radius 1 is 0.800 bits per heavy atom. The molecule has 4 aromatic rings. The van der Waals surface area contributed by atoms with Crippen LogP contribution in [0, 0.1) is 5.82 Å². The van der Waals surface area contributed by atoms with Gasteiger partial charge < -0.3 is 20.5 Å². The van der Waals surface area contributed by atoms with Gasteiger partial charge in [-0.1, -0.05) is 72.8 Å². The van der Waals surface area contributed by atoms with Crippen LogP contribution in [0.25, 0.3) is 11.1 Å². The molecule has 5 rings (SSSR count). The van der Waals surface area contributed by atoms with Crippen molar-refractivity contribution in [2.75, 3.05) is 6.61 Å². The molecular weight excluding hydrogens is 511 g/mol. The lowest BCUT2D eigenvalue weighted by molar-refractivity contribution is -0.139. The first kappa shape index (κ1) is 26.6. The number of carboxylic acid groups (broad SMARTS) is 1. The van der Waals surface area contributed by atoms with Crippen LogP contribution in [0.5, 0.6) is 0 Å². The van der Waals surface area contributed by atoms with Crippen molar-refractivity contribution >= 4 is 18.0 Å². The third-order valence-corrected chi connectivity index (χ3v) is 6.95. The van der Waals surface area contributed by atoms with Crippen molar-refractivity contribution in [3.05, 3.63) is 131 Å². The minimum Gasteiger partial charge on any atom is -0.480 e. The summed E-state index contributed by atoms with van der Waals surface area (Å²) in [6, 6.07) is 27.0. The lowest BCUT2D eigenvalue weighted by Gasteiger charge is -2.15. The van der Waals surface area contributed by atoms with E-state index in [0.717, 1.165) is 27.8 Å². The first-order valence-electron chi connectivity index (χ1n) is 12.8. The highest BCUT2D eigenvalue weighted by atomic mass is 19.1. The van der Waals surface area contributed by atoms with Crippen LogP contribution in [0.15, 0.2) is 97.1 Å². The van der Waals surface area contributed by atoms with E-state index >= 15 is 0 Å². The van der Waals surface area contributed by atoms with E-state index in [9.17, 15) is 23.9 Å². The second-order valence-corrected chi connectivity index (χ2v) is 9.57. The van der Waals surface area contributed by atoms with Crippen molar-refractivity contribution in [1.29, 1.82) is 0 Å². The molecule has 3 N–H and O–H groups in total. The number of fused-ring (bicyclic) bond motifs is 3. The van der Waals surface area contributed by atoms with E-state index in [1.165, 1.54) is 24.3 Å². The van der Waals surface area contributed by atoms with Gasteiger partial charge in [-0.15, -0.1) is 0 Å². The largest absolute Gasteiger partial charge is 0.480 e. The Morgan fingerprint density at radius 2 is 1.38 bits per heavy atom. The Hall–Kier alpha value is -4.98. The number of ether oxygens (including phenoxy) is 1. The van der Waals surface area contributed by atoms with Gasteiger partial charge in [-0.05, 0) is 57.6 Å². The molecule has 0 aromatic heterocycles. The molecule has 202 valence electrons. The molecule has 1 aliphatic rings. The summed E-state index contributed by atoms with van der Waals surface area (Å²) in [7, 11) is 0. The summed E-state index contributed by atoms with van der Waals surface area (Å²) in [4.78, 5) is 36.8. The summed E-state index contributed by atoms with van der Waals surface area (Å²) >= 11 is 0. The summed E-state index contributed by atoms with van der Waals surface area (Å²) in [5.74, 6) is -2.20. The second kappa shape index (κ2) is 11.8. The van der Waals surface area contributed by atoms with Gasteiger partial charge in [0.15, 0.2) is 0 Å². The summed E-state index contributed by atoms with van der Waals surface area (Å²) in [5, 5.41) is 14.8. The SMILES string of the molecule is O=C(NCc1ccc(C(=O)N[C@@H](Cc2ccc(F)cc2)C(=O)O)cc1)OCC1c2ccccc2-c2ccccc21. The van der Waals surface area contributed by atoms with E-state index in [1.54, 1.807) is 24.3 Å². The second-order valence-electron chi connectivity index (χ2n) is 9.57. The van der Waals surface area contributed by atoms with Gasteiger partial charge >= 0.3 is 12.1 Å². The first-order valence-corrected chi connectivity index (χ1v) is 12.8. The number of carbonyl (C=O) groups excluding carboxylic acids is 2. The maximum atomic E-state index is 13.1. The zero-order chi connectivity index (χ0) is 28.1. The summed E-state index contributed by atoms with van der Waals surface area (Å²) in [5.41, 5.74) is 6.18. The zero-order valence-electron chi connectivity index (χ0n) is 21.5. The fourth-order valence-corrected chi connectivity index (χ4v) is 4.90. The Kier molecular flexibility index (Phi) is 7.87. The van der Waals surface area contributed by atoms with Crippen molar-refractivity contribution in [2.24, 2.45) is 0 Å². The molecule has 40 heavy (non-hydrogen) atoms. The van der Waals surface area contributed by atoms with E-state index in [0.29, 0.717) is 5.56 Å². The maximum absolute atomic E-state index is 13.1.